The van der Waals surface area contributed by atoms with Gasteiger partial charge in [-0.2, -0.15) is 0 Å². The quantitative estimate of drug-likeness (QED) is 0.222. The third-order valence-electron chi connectivity index (χ3n) is 6.57. The molecule has 0 aliphatic heterocycles. The zero-order chi connectivity index (χ0) is 25.3. The summed E-state index contributed by atoms with van der Waals surface area (Å²) in [6.07, 6.45) is 2.92. The lowest BCUT2D eigenvalue weighted by Crippen LogP contribution is -2.28. The molecule has 0 aliphatic rings. The summed E-state index contributed by atoms with van der Waals surface area (Å²) in [5.74, 6) is 2.39. The molecule has 0 bridgehead atoms. The highest BCUT2D eigenvalue weighted by molar-refractivity contribution is 6.31. The maximum Gasteiger partial charge on any atom is 0.224 e. The Kier molecular flexibility index (Phi) is 9.01. The number of ether oxygens (including phenoxy) is 1. The van der Waals surface area contributed by atoms with Crippen LogP contribution >= 0.6 is 11.6 Å². The Morgan fingerprint density at radius 2 is 1.81 bits per heavy atom. The molecular weight excluding hydrogens is 470 g/mol. The van der Waals surface area contributed by atoms with Crippen molar-refractivity contribution < 1.29 is 9.53 Å². The third kappa shape index (κ3) is 6.67. The fraction of sp³-hybridized carbons (Fsp3) is 0.333. The summed E-state index contributed by atoms with van der Waals surface area (Å²) < 4.78 is 8.24. The van der Waals surface area contributed by atoms with Gasteiger partial charge in [0, 0.05) is 24.5 Å². The van der Waals surface area contributed by atoms with Crippen LogP contribution in [0.3, 0.4) is 0 Å². The first-order valence-corrected chi connectivity index (χ1v) is 13.1. The van der Waals surface area contributed by atoms with Crippen LogP contribution in [0, 0.1) is 0 Å². The molecule has 0 saturated heterocycles. The number of rotatable bonds is 12. The second-order valence-corrected chi connectivity index (χ2v) is 9.52. The third-order valence-corrected chi connectivity index (χ3v) is 6.94. The van der Waals surface area contributed by atoms with E-state index >= 15 is 0 Å². The lowest BCUT2D eigenvalue weighted by molar-refractivity contribution is -0.120. The second-order valence-electron chi connectivity index (χ2n) is 9.12. The van der Waals surface area contributed by atoms with E-state index in [1.165, 1.54) is 5.56 Å². The molecule has 36 heavy (non-hydrogen) atoms. The first kappa shape index (κ1) is 25.8. The smallest absolute Gasteiger partial charge is 0.224 e. The summed E-state index contributed by atoms with van der Waals surface area (Å²) in [5.41, 5.74) is 4.25. The van der Waals surface area contributed by atoms with Gasteiger partial charge in [0.2, 0.25) is 5.91 Å². The number of fused-ring (bicyclic) bond motifs is 1. The number of imidazole rings is 1. The Labute approximate surface area is 218 Å². The monoisotopic (exact) mass is 503 g/mol. The van der Waals surface area contributed by atoms with Crippen LogP contribution in [0.1, 0.15) is 49.6 Å². The van der Waals surface area contributed by atoms with Gasteiger partial charge in [0.15, 0.2) is 0 Å². The number of carbonyl (C=O) groups excluding carboxylic acids is 1. The minimum Gasteiger partial charge on any atom is -0.494 e. The van der Waals surface area contributed by atoms with Crippen molar-refractivity contribution in [1.82, 2.24) is 14.9 Å². The van der Waals surface area contributed by atoms with E-state index in [9.17, 15) is 4.79 Å². The van der Waals surface area contributed by atoms with Crippen molar-refractivity contribution in [3.63, 3.8) is 0 Å². The van der Waals surface area contributed by atoms with Crippen LogP contribution in [0.4, 0.5) is 0 Å². The van der Waals surface area contributed by atoms with Crippen molar-refractivity contribution >= 4 is 28.5 Å². The average Bonchev–Trinajstić information content (AvgIpc) is 3.25. The van der Waals surface area contributed by atoms with Crippen LogP contribution in [0.25, 0.3) is 11.0 Å². The lowest BCUT2D eigenvalue weighted by atomic mass is 9.99. The van der Waals surface area contributed by atoms with E-state index in [4.69, 9.17) is 21.3 Å². The molecule has 1 amide bonds. The molecular formula is C30H34ClN3O2. The maximum atomic E-state index is 12.4. The van der Waals surface area contributed by atoms with E-state index in [0.717, 1.165) is 47.6 Å². The molecule has 1 unspecified atom stereocenters. The highest BCUT2D eigenvalue weighted by Gasteiger charge is 2.12. The van der Waals surface area contributed by atoms with Crippen LogP contribution in [-0.2, 0) is 24.2 Å². The molecule has 0 spiro atoms. The van der Waals surface area contributed by atoms with E-state index in [1.807, 2.05) is 36.4 Å². The Morgan fingerprint density at radius 1 is 1.06 bits per heavy atom. The number of amides is 1. The fourth-order valence-electron chi connectivity index (χ4n) is 4.30. The van der Waals surface area contributed by atoms with Crippen LogP contribution in [0.5, 0.6) is 5.75 Å². The van der Waals surface area contributed by atoms with Gasteiger partial charge in [-0.1, -0.05) is 67.9 Å². The van der Waals surface area contributed by atoms with Gasteiger partial charge in [-0.25, -0.2) is 4.98 Å². The number of halogens is 1. The second kappa shape index (κ2) is 12.6. The molecule has 0 fully saturated rings. The number of benzene rings is 3. The van der Waals surface area contributed by atoms with Gasteiger partial charge >= 0.3 is 0 Å². The Bertz CT molecular complexity index is 1280. The van der Waals surface area contributed by atoms with E-state index in [0.29, 0.717) is 30.5 Å². The van der Waals surface area contributed by atoms with Crippen LogP contribution in [0.15, 0.2) is 72.8 Å². The molecule has 1 aromatic heterocycles. The molecule has 3 aromatic carbocycles. The summed E-state index contributed by atoms with van der Waals surface area (Å²) in [4.78, 5) is 17.2. The molecule has 1 atom stereocenters. The minimum absolute atomic E-state index is 0.0430. The molecule has 5 nitrogen and oxygen atoms in total. The number of aryl methyl sites for hydroxylation is 1. The first-order valence-electron chi connectivity index (χ1n) is 12.7. The molecule has 188 valence electrons. The highest BCUT2D eigenvalue weighted by Crippen LogP contribution is 2.22. The van der Waals surface area contributed by atoms with Crippen molar-refractivity contribution in [2.24, 2.45) is 0 Å². The Hall–Kier alpha value is -3.31. The van der Waals surface area contributed by atoms with E-state index in [-0.39, 0.29) is 12.3 Å². The molecule has 1 heterocycles. The molecule has 0 radical (unpaired) electrons. The molecule has 4 rings (SSSR count). The molecule has 6 heteroatoms. The number of nitrogens with zero attached hydrogens (tertiary/aromatic N) is 2. The fourth-order valence-corrected chi connectivity index (χ4v) is 4.50. The number of aromatic nitrogens is 2. The Balaban J connectivity index is 1.31. The summed E-state index contributed by atoms with van der Waals surface area (Å²) in [5, 5.41) is 3.62. The van der Waals surface area contributed by atoms with E-state index < -0.39 is 0 Å². The largest absolute Gasteiger partial charge is 0.494 e. The van der Waals surface area contributed by atoms with Gasteiger partial charge < -0.3 is 14.6 Å². The summed E-state index contributed by atoms with van der Waals surface area (Å²) in [7, 11) is 0. The number of hydrogen-bond donors (Lipinski definition) is 1. The van der Waals surface area contributed by atoms with Crippen LogP contribution < -0.4 is 10.1 Å². The van der Waals surface area contributed by atoms with Crippen molar-refractivity contribution in [1.29, 1.82) is 0 Å². The first-order chi connectivity index (χ1) is 17.5. The summed E-state index contributed by atoms with van der Waals surface area (Å²) >= 11 is 6.19. The average molecular weight is 504 g/mol. The van der Waals surface area contributed by atoms with Gasteiger partial charge in [0.25, 0.3) is 0 Å². The molecule has 1 N–H and O–H groups in total. The zero-order valence-electron chi connectivity index (χ0n) is 21.0. The zero-order valence-corrected chi connectivity index (χ0v) is 21.8. The van der Waals surface area contributed by atoms with Crippen molar-refractivity contribution in [2.75, 3.05) is 13.2 Å². The van der Waals surface area contributed by atoms with Gasteiger partial charge in [-0.3, -0.25) is 4.79 Å². The standard InChI is InChI=1S/C30H34ClN3O2/c1-3-22(2)23-13-15-25(16-14-23)36-20-8-19-34-28-12-7-6-11-27(28)33-29(34)17-18-32-30(35)21-24-9-4-5-10-26(24)31/h4-7,9-16,22H,3,8,17-21H2,1-2H3,(H,32,35). The molecule has 4 aromatic rings. The number of nitrogens with one attached hydrogen (secondary N) is 1. The summed E-state index contributed by atoms with van der Waals surface area (Å²) in [6.45, 7) is 6.40. The normalized spacial score (nSPS) is 12.0. The topological polar surface area (TPSA) is 56.1 Å². The minimum atomic E-state index is -0.0430. The van der Waals surface area contributed by atoms with Crippen LogP contribution in [0.2, 0.25) is 5.02 Å². The van der Waals surface area contributed by atoms with Gasteiger partial charge in [-0.05, 0) is 60.2 Å². The molecule has 0 aliphatic carbocycles. The highest BCUT2D eigenvalue weighted by atomic mass is 35.5. The van der Waals surface area contributed by atoms with Gasteiger partial charge in [0.05, 0.1) is 24.1 Å². The lowest BCUT2D eigenvalue weighted by Gasteiger charge is -2.12. The number of carbonyl (C=O) groups is 1. The predicted octanol–water partition coefficient (Wildman–Crippen LogP) is 6.57. The number of para-hydroxylation sites is 2. The van der Waals surface area contributed by atoms with Crippen LogP contribution in [-0.4, -0.2) is 28.6 Å². The number of hydrogen-bond acceptors (Lipinski definition) is 3. The SMILES string of the molecule is CCC(C)c1ccc(OCCCn2c(CCNC(=O)Cc3ccccc3Cl)nc3ccccc32)cc1. The van der Waals surface area contributed by atoms with Crippen molar-refractivity contribution in [3.8, 4) is 5.75 Å². The van der Waals surface area contributed by atoms with E-state index in [2.05, 4.69) is 54.1 Å². The van der Waals surface area contributed by atoms with Gasteiger partial charge in [0.1, 0.15) is 11.6 Å². The van der Waals surface area contributed by atoms with Crippen molar-refractivity contribution in [3.05, 3.63) is 94.8 Å². The van der Waals surface area contributed by atoms with E-state index in [1.54, 1.807) is 6.07 Å². The summed E-state index contributed by atoms with van der Waals surface area (Å²) in [6, 6.07) is 24.0. The van der Waals surface area contributed by atoms with Gasteiger partial charge in [-0.15, -0.1) is 0 Å². The van der Waals surface area contributed by atoms with Crippen molar-refractivity contribution in [2.45, 2.75) is 52.0 Å². The Morgan fingerprint density at radius 3 is 2.58 bits per heavy atom. The maximum absolute atomic E-state index is 12.4. The predicted molar refractivity (Wildman–Crippen MR) is 147 cm³/mol. The molecule has 0 saturated carbocycles.